The maximum Gasteiger partial charge on any atom is 0.228 e. The molecule has 1 aliphatic rings. The van der Waals surface area contributed by atoms with E-state index in [9.17, 15) is 4.79 Å². The van der Waals surface area contributed by atoms with Gasteiger partial charge in [-0.2, -0.15) is 0 Å². The standard InChI is InChI=1S/C20H27N3O3S.2ClH/c1-13(21)14-6-8-23(9-7-14)19(24)11-16-12-27-20(22-16)15-4-5-17(25-2)18(10-15)26-3;;/h4-5,10,12-14H,6-9,11,21H2,1-3H3;2*1H. The van der Waals surface area contributed by atoms with Crippen LogP contribution in [0.3, 0.4) is 0 Å². The largest absolute Gasteiger partial charge is 0.493 e. The van der Waals surface area contributed by atoms with Crippen molar-refractivity contribution >= 4 is 42.1 Å². The number of rotatable bonds is 6. The highest BCUT2D eigenvalue weighted by atomic mass is 35.5. The first-order chi connectivity index (χ1) is 13.0. The number of likely N-dealkylation sites (tertiary alicyclic amines) is 1. The van der Waals surface area contributed by atoms with Gasteiger partial charge in [-0.3, -0.25) is 4.79 Å². The van der Waals surface area contributed by atoms with Gasteiger partial charge in [-0.1, -0.05) is 0 Å². The van der Waals surface area contributed by atoms with E-state index < -0.39 is 0 Å². The normalized spacial score (nSPS) is 15.1. The van der Waals surface area contributed by atoms with Gasteiger partial charge < -0.3 is 20.1 Å². The van der Waals surface area contributed by atoms with Crippen molar-refractivity contribution in [3.8, 4) is 22.1 Å². The fourth-order valence-electron chi connectivity index (χ4n) is 3.43. The number of halogens is 2. The Labute approximate surface area is 188 Å². The lowest BCUT2D eigenvalue weighted by Gasteiger charge is -2.33. The molecule has 2 N–H and O–H groups in total. The number of thiazole rings is 1. The average molecular weight is 462 g/mol. The van der Waals surface area contributed by atoms with Gasteiger partial charge in [-0.15, -0.1) is 36.2 Å². The van der Waals surface area contributed by atoms with E-state index in [1.165, 1.54) is 11.3 Å². The molecule has 1 aromatic carbocycles. The highest BCUT2D eigenvalue weighted by Gasteiger charge is 2.25. The van der Waals surface area contributed by atoms with Crippen LogP contribution in [-0.4, -0.2) is 49.1 Å². The third-order valence-corrected chi connectivity index (χ3v) is 6.09. The third-order valence-electron chi connectivity index (χ3n) is 5.15. The summed E-state index contributed by atoms with van der Waals surface area (Å²) in [6.07, 6.45) is 2.31. The van der Waals surface area contributed by atoms with Gasteiger partial charge in [0.05, 0.1) is 26.3 Å². The van der Waals surface area contributed by atoms with E-state index in [4.69, 9.17) is 15.2 Å². The molecular formula is C20H29Cl2N3O3S. The molecule has 1 atom stereocenters. The van der Waals surface area contributed by atoms with Gasteiger partial charge in [-0.05, 0) is 43.9 Å². The second kappa shape index (κ2) is 11.6. The number of piperidine rings is 1. The maximum absolute atomic E-state index is 12.6. The number of benzene rings is 1. The van der Waals surface area contributed by atoms with Crippen molar-refractivity contribution < 1.29 is 14.3 Å². The highest BCUT2D eigenvalue weighted by molar-refractivity contribution is 7.13. The molecule has 1 unspecified atom stereocenters. The number of ether oxygens (including phenoxy) is 2. The summed E-state index contributed by atoms with van der Waals surface area (Å²) in [5.41, 5.74) is 7.74. The molecule has 1 aromatic heterocycles. The van der Waals surface area contributed by atoms with E-state index in [0.29, 0.717) is 23.8 Å². The smallest absolute Gasteiger partial charge is 0.228 e. The number of methoxy groups -OCH3 is 2. The van der Waals surface area contributed by atoms with Crippen LogP contribution < -0.4 is 15.2 Å². The maximum atomic E-state index is 12.6. The minimum atomic E-state index is 0. The minimum absolute atomic E-state index is 0. The Morgan fingerprint density at radius 1 is 1.24 bits per heavy atom. The van der Waals surface area contributed by atoms with Gasteiger partial charge >= 0.3 is 0 Å². The van der Waals surface area contributed by atoms with E-state index in [1.807, 2.05) is 35.4 Å². The molecule has 29 heavy (non-hydrogen) atoms. The average Bonchev–Trinajstić information content (AvgIpc) is 3.15. The van der Waals surface area contributed by atoms with E-state index in [-0.39, 0.29) is 36.8 Å². The van der Waals surface area contributed by atoms with E-state index in [2.05, 4.69) is 4.98 Å². The molecular weight excluding hydrogens is 433 g/mol. The monoisotopic (exact) mass is 461 g/mol. The van der Waals surface area contributed by atoms with Gasteiger partial charge in [-0.25, -0.2) is 4.98 Å². The van der Waals surface area contributed by atoms with Crippen LogP contribution in [0.25, 0.3) is 10.6 Å². The summed E-state index contributed by atoms with van der Waals surface area (Å²) >= 11 is 1.53. The van der Waals surface area contributed by atoms with E-state index in [1.54, 1.807) is 14.2 Å². The number of amides is 1. The van der Waals surface area contributed by atoms with Crippen LogP contribution in [0.2, 0.25) is 0 Å². The number of nitrogens with two attached hydrogens (primary N) is 1. The molecule has 3 rings (SSSR count). The number of aromatic nitrogens is 1. The topological polar surface area (TPSA) is 77.7 Å². The van der Waals surface area contributed by atoms with Gasteiger partial charge in [0, 0.05) is 30.1 Å². The summed E-state index contributed by atoms with van der Waals surface area (Å²) in [4.78, 5) is 19.2. The molecule has 1 amide bonds. The minimum Gasteiger partial charge on any atom is -0.493 e. The van der Waals surface area contributed by atoms with E-state index >= 15 is 0 Å². The first kappa shape index (κ1) is 25.5. The molecule has 6 nitrogen and oxygen atoms in total. The molecule has 2 aromatic rings. The van der Waals surface area contributed by atoms with Gasteiger partial charge in [0.25, 0.3) is 0 Å². The molecule has 0 radical (unpaired) electrons. The van der Waals surface area contributed by atoms with Crippen molar-refractivity contribution in [2.75, 3.05) is 27.3 Å². The number of carbonyl (C=O) groups excluding carboxylic acids is 1. The number of hydrogen-bond acceptors (Lipinski definition) is 6. The summed E-state index contributed by atoms with van der Waals surface area (Å²) in [5.74, 6) is 2.01. The Hall–Kier alpha value is -1.54. The quantitative estimate of drug-likeness (QED) is 0.707. The SMILES string of the molecule is COc1ccc(-c2nc(CC(=O)N3CCC(C(C)N)CC3)cs2)cc1OC.Cl.Cl. The van der Waals surface area contributed by atoms with Crippen molar-refractivity contribution in [1.29, 1.82) is 0 Å². The van der Waals surface area contributed by atoms with Crippen molar-refractivity contribution in [3.05, 3.63) is 29.3 Å². The first-order valence-corrected chi connectivity index (χ1v) is 10.1. The summed E-state index contributed by atoms with van der Waals surface area (Å²) < 4.78 is 10.6. The predicted molar refractivity (Wildman–Crippen MR) is 122 cm³/mol. The van der Waals surface area contributed by atoms with E-state index in [0.717, 1.165) is 42.2 Å². The summed E-state index contributed by atoms with van der Waals surface area (Å²) in [6, 6.07) is 5.92. The number of carbonyl (C=O) groups is 1. The molecule has 2 heterocycles. The summed E-state index contributed by atoms with van der Waals surface area (Å²) in [6.45, 7) is 3.63. The van der Waals surface area contributed by atoms with Crippen LogP contribution in [0, 0.1) is 5.92 Å². The first-order valence-electron chi connectivity index (χ1n) is 9.22. The Balaban J connectivity index is 0.00000210. The zero-order chi connectivity index (χ0) is 19.4. The molecule has 1 aliphatic heterocycles. The molecule has 9 heteroatoms. The second-order valence-electron chi connectivity index (χ2n) is 6.97. The molecule has 0 spiro atoms. The Kier molecular flexibility index (Phi) is 10.2. The molecule has 1 fully saturated rings. The van der Waals surface area contributed by atoms with Crippen LogP contribution in [0.15, 0.2) is 23.6 Å². The molecule has 0 aliphatic carbocycles. The third kappa shape index (κ3) is 6.22. The molecule has 162 valence electrons. The van der Waals surface area contributed by atoms with Crippen LogP contribution in [0.5, 0.6) is 11.5 Å². The van der Waals surface area contributed by atoms with Gasteiger partial charge in [0.2, 0.25) is 5.91 Å². The lowest BCUT2D eigenvalue weighted by atomic mass is 9.91. The van der Waals surface area contributed by atoms with Crippen LogP contribution in [0.1, 0.15) is 25.5 Å². The van der Waals surface area contributed by atoms with Crippen molar-refractivity contribution in [2.45, 2.75) is 32.2 Å². The van der Waals surface area contributed by atoms with Gasteiger partial charge in [0.1, 0.15) is 5.01 Å². The van der Waals surface area contributed by atoms with Crippen molar-refractivity contribution in [3.63, 3.8) is 0 Å². The van der Waals surface area contributed by atoms with Crippen LogP contribution in [0.4, 0.5) is 0 Å². The van der Waals surface area contributed by atoms with Crippen LogP contribution >= 0.6 is 36.2 Å². The Bertz CT molecular complexity index is 793. The van der Waals surface area contributed by atoms with Crippen molar-refractivity contribution in [1.82, 2.24) is 9.88 Å². The number of hydrogen-bond donors (Lipinski definition) is 1. The zero-order valence-corrected chi connectivity index (χ0v) is 19.4. The Morgan fingerprint density at radius 3 is 2.48 bits per heavy atom. The highest BCUT2D eigenvalue weighted by Crippen LogP contribution is 2.33. The fourth-order valence-corrected chi connectivity index (χ4v) is 4.25. The van der Waals surface area contributed by atoms with Crippen molar-refractivity contribution in [2.24, 2.45) is 11.7 Å². The van der Waals surface area contributed by atoms with Crippen LogP contribution in [-0.2, 0) is 11.2 Å². The zero-order valence-electron chi connectivity index (χ0n) is 16.9. The molecule has 0 bridgehead atoms. The fraction of sp³-hybridized carbons (Fsp3) is 0.500. The predicted octanol–water partition coefficient (Wildman–Crippen LogP) is 3.80. The summed E-state index contributed by atoms with van der Waals surface area (Å²) in [7, 11) is 3.23. The second-order valence-corrected chi connectivity index (χ2v) is 7.83. The molecule has 0 saturated carbocycles. The summed E-state index contributed by atoms with van der Waals surface area (Å²) in [5, 5.41) is 2.83. The van der Waals surface area contributed by atoms with Gasteiger partial charge in [0.15, 0.2) is 11.5 Å². The molecule has 1 saturated heterocycles. The Morgan fingerprint density at radius 2 is 1.90 bits per heavy atom. The number of nitrogens with zero attached hydrogens (tertiary/aromatic N) is 2. The lowest BCUT2D eigenvalue weighted by molar-refractivity contribution is -0.132. The lowest BCUT2D eigenvalue weighted by Crippen LogP contribution is -2.43.